The first kappa shape index (κ1) is 6.58. The molecule has 2 bridgehead atoms. The number of fused-ring (bicyclic) bond motifs is 2. The van der Waals surface area contributed by atoms with Gasteiger partial charge < -0.3 is 15.7 Å². The van der Waals surface area contributed by atoms with Gasteiger partial charge in [0.15, 0.2) is 0 Å². The van der Waals surface area contributed by atoms with Crippen LogP contribution in [0.3, 0.4) is 0 Å². The van der Waals surface area contributed by atoms with E-state index in [0.717, 1.165) is 13.1 Å². The summed E-state index contributed by atoms with van der Waals surface area (Å²) in [5.74, 6) is 0.553. The van der Waals surface area contributed by atoms with Gasteiger partial charge in [-0.3, -0.25) is 0 Å². The highest BCUT2D eigenvalue weighted by Crippen LogP contribution is 2.33. The standard InChI is InChI=1S/C7H14N2O/c8-7(5-10)4-9-2-1-6(7)3-9/h6,10H,1-5,8H2/t6-,7+/m0/s1. The molecule has 0 radical (unpaired) electrons. The number of aliphatic hydroxyl groups excluding tert-OH is 1. The number of rotatable bonds is 1. The number of hydrogen-bond acceptors (Lipinski definition) is 3. The summed E-state index contributed by atoms with van der Waals surface area (Å²) >= 11 is 0. The van der Waals surface area contributed by atoms with E-state index in [-0.39, 0.29) is 12.1 Å². The van der Waals surface area contributed by atoms with E-state index >= 15 is 0 Å². The summed E-state index contributed by atoms with van der Waals surface area (Å²) in [4.78, 5) is 2.33. The molecule has 0 amide bonds. The Labute approximate surface area is 60.8 Å². The summed E-state index contributed by atoms with van der Waals surface area (Å²) < 4.78 is 0. The fourth-order valence-corrected chi connectivity index (χ4v) is 2.17. The second-order valence-corrected chi connectivity index (χ2v) is 3.61. The van der Waals surface area contributed by atoms with Crippen LogP contribution in [-0.4, -0.2) is 41.8 Å². The van der Waals surface area contributed by atoms with E-state index in [1.54, 1.807) is 0 Å². The molecule has 0 saturated carbocycles. The smallest absolute Gasteiger partial charge is 0.0627 e. The molecule has 3 atom stereocenters. The van der Waals surface area contributed by atoms with Gasteiger partial charge in [0.2, 0.25) is 0 Å². The first-order chi connectivity index (χ1) is 4.74. The van der Waals surface area contributed by atoms with Crippen LogP contribution in [0.15, 0.2) is 0 Å². The molecule has 0 aliphatic carbocycles. The Morgan fingerprint density at radius 3 is 2.80 bits per heavy atom. The molecule has 10 heavy (non-hydrogen) atoms. The summed E-state index contributed by atoms with van der Waals surface area (Å²) in [5.41, 5.74) is 5.69. The Morgan fingerprint density at radius 2 is 2.50 bits per heavy atom. The van der Waals surface area contributed by atoms with Gasteiger partial charge in [0.05, 0.1) is 12.1 Å². The molecule has 0 spiro atoms. The monoisotopic (exact) mass is 142 g/mol. The van der Waals surface area contributed by atoms with Crippen LogP contribution < -0.4 is 5.73 Å². The normalized spacial score (nSPS) is 52.2. The lowest BCUT2D eigenvalue weighted by atomic mass is 9.86. The van der Waals surface area contributed by atoms with Crippen LogP contribution in [0.4, 0.5) is 0 Å². The SMILES string of the molecule is N[C@@]1(CO)CN2CC[C@H]1C2. The minimum Gasteiger partial charge on any atom is -0.394 e. The zero-order valence-electron chi connectivity index (χ0n) is 6.08. The average molecular weight is 142 g/mol. The summed E-state index contributed by atoms with van der Waals surface area (Å²) in [7, 11) is 0. The molecule has 2 heterocycles. The van der Waals surface area contributed by atoms with Crippen molar-refractivity contribution in [3.05, 3.63) is 0 Å². The van der Waals surface area contributed by atoms with E-state index < -0.39 is 0 Å². The molecule has 3 nitrogen and oxygen atoms in total. The fraction of sp³-hybridized carbons (Fsp3) is 1.00. The van der Waals surface area contributed by atoms with Crippen molar-refractivity contribution in [1.29, 1.82) is 0 Å². The predicted octanol–water partition coefficient (Wildman–Crippen LogP) is -0.988. The number of nitrogens with zero attached hydrogens (tertiary/aromatic N) is 1. The predicted molar refractivity (Wildman–Crippen MR) is 38.6 cm³/mol. The lowest BCUT2D eigenvalue weighted by molar-refractivity contribution is 0.145. The van der Waals surface area contributed by atoms with Gasteiger partial charge >= 0.3 is 0 Å². The van der Waals surface area contributed by atoms with Crippen LogP contribution in [0.1, 0.15) is 6.42 Å². The highest BCUT2D eigenvalue weighted by Gasteiger charge is 2.46. The average Bonchev–Trinajstić information content (AvgIpc) is 2.46. The van der Waals surface area contributed by atoms with Crippen molar-refractivity contribution in [2.24, 2.45) is 11.7 Å². The van der Waals surface area contributed by atoms with E-state index in [1.165, 1.54) is 13.0 Å². The zero-order chi connectivity index (χ0) is 7.19. The number of nitrogens with two attached hydrogens (primary N) is 1. The zero-order valence-corrected chi connectivity index (χ0v) is 6.08. The summed E-state index contributed by atoms with van der Waals surface area (Å²) in [6.07, 6.45) is 1.18. The molecule has 0 aromatic heterocycles. The van der Waals surface area contributed by atoms with Crippen molar-refractivity contribution in [2.75, 3.05) is 26.2 Å². The topological polar surface area (TPSA) is 49.5 Å². The van der Waals surface area contributed by atoms with Crippen LogP contribution in [0.5, 0.6) is 0 Å². The van der Waals surface area contributed by atoms with Crippen molar-refractivity contribution in [1.82, 2.24) is 4.90 Å². The van der Waals surface area contributed by atoms with Gasteiger partial charge in [-0.05, 0) is 18.9 Å². The highest BCUT2D eigenvalue weighted by atomic mass is 16.3. The van der Waals surface area contributed by atoms with E-state index in [0.29, 0.717) is 5.92 Å². The van der Waals surface area contributed by atoms with Crippen molar-refractivity contribution in [3.8, 4) is 0 Å². The lowest BCUT2D eigenvalue weighted by Gasteiger charge is -2.31. The summed E-state index contributed by atoms with van der Waals surface area (Å²) in [5, 5.41) is 9.00. The maximum atomic E-state index is 9.00. The maximum absolute atomic E-state index is 9.00. The van der Waals surface area contributed by atoms with Crippen LogP contribution >= 0.6 is 0 Å². The van der Waals surface area contributed by atoms with Gasteiger partial charge in [-0.1, -0.05) is 0 Å². The minimum absolute atomic E-state index is 0.147. The van der Waals surface area contributed by atoms with E-state index in [1.807, 2.05) is 0 Å². The third kappa shape index (κ3) is 0.713. The molecule has 0 aromatic carbocycles. The summed E-state index contributed by atoms with van der Waals surface area (Å²) in [6.45, 7) is 3.34. The molecular weight excluding hydrogens is 128 g/mol. The van der Waals surface area contributed by atoms with Crippen LogP contribution in [0.25, 0.3) is 0 Å². The van der Waals surface area contributed by atoms with Crippen molar-refractivity contribution < 1.29 is 5.11 Å². The second kappa shape index (κ2) is 1.94. The fourth-order valence-electron chi connectivity index (χ4n) is 2.17. The van der Waals surface area contributed by atoms with Gasteiger partial charge in [0.1, 0.15) is 0 Å². The number of aliphatic hydroxyl groups is 1. The molecule has 2 aliphatic rings. The molecule has 2 saturated heterocycles. The highest BCUT2D eigenvalue weighted by molar-refractivity contribution is 5.04. The van der Waals surface area contributed by atoms with Gasteiger partial charge in [-0.25, -0.2) is 0 Å². The Hall–Kier alpha value is -0.120. The Kier molecular flexibility index (Phi) is 1.27. The Balaban J connectivity index is 2.14. The summed E-state index contributed by atoms with van der Waals surface area (Å²) in [6, 6.07) is 0. The molecule has 2 aliphatic heterocycles. The minimum atomic E-state index is -0.266. The van der Waals surface area contributed by atoms with Gasteiger partial charge in [0.25, 0.3) is 0 Å². The van der Waals surface area contributed by atoms with E-state index in [9.17, 15) is 0 Å². The van der Waals surface area contributed by atoms with Crippen LogP contribution in [0, 0.1) is 5.92 Å². The second-order valence-electron chi connectivity index (χ2n) is 3.61. The van der Waals surface area contributed by atoms with Crippen molar-refractivity contribution >= 4 is 0 Å². The number of piperidine rings is 1. The molecule has 58 valence electrons. The molecule has 2 fully saturated rings. The third-order valence-electron chi connectivity index (χ3n) is 2.90. The Morgan fingerprint density at radius 1 is 1.70 bits per heavy atom. The molecule has 3 heteroatoms. The van der Waals surface area contributed by atoms with Gasteiger partial charge in [0, 0.05) is 13.1 Å². The largest absolute Gasteiger partial charge is 0.394 e. The quantitative estimate of drug-likeness (QED) is 0.494. The van der Waals surface area contributed by atoms with Gasteiger partial charge in [-0.2, -0.15) is 0 Å². The van der Waals surface area contributed by atoms with Crippen LogP contribution in [0.2, 0.25) is 0 Å². The van der Waals surface area contributed by atoms with Crippen molar-refractivity contribution in [2.45, 2.75) is 12.0 Å². The molecule has 1 unspecified atom stereocenters. The molecule has 2 rings (SSSR count). The molecule has 3 N–H and O–H groups in total. The number of hydrogen-bond donors (Lipinski definition) is 2. The molecular formula is C7H14N2O. The van der Waals surface area contributed by atoms with Crippen molar-refractivity contribution in [3.63, 3.8) is 0 Å². The Bertz CT molecular complexity index is 151. The van der Waals surface area contributed by atoms with Gasteiger partial charge in [-0.15, -0.1) is 0 Å². The first-order valence-electron chi connectivity index (χ1n) is 3.87. The first-order valence-corrected chi connectivity index (χ1v) is 3.87. The van der Waals surface area contributed by atoms with Crippen LogP contribution in [-0.2, 0) is 0 Å². The molecule has 0 aromatic rings. The third-order valence-corrected chi connectivity index (χ3v) is 2.90. The lowest BCUT2D eigenvalue weighted by Crippen LogP contribution is -2.53. The maximum Gasteiger partial charge on any atom is 0.0627 e. The van der Waals surface area contributed by atoms with E-state index in [4.69, 9.17) is 10.8 Å². The van der Waals surface area contributed by atoms with E-state index in [2.05, 4.69) is 4.90 Å².